The van der Waals surface area contributed by atoms with Gasteiger partial charge in [0.25, 0.3) is 17.7 Å². The minimum atomic E-state index is -0.748. The molecule has 91 heavy (non-hydrogen) atoms. The minimum Gasteiger partial charge on any atom is -0.482 e. The highest BCUT2D eigenvalue weighted by molar-refractivity contribution is 6.37. The maximum Gasteiger partial charge on any atom is 0.308 e. The van der Waals surface area contributed by atoms with Gasteiger partial charge in [0.05, 0.1) is 155 Å². The Morgan fingerprint density at radius 3 is 1.49 bits per heavy atom. The number of aromatic amines is 2. The van der Waals surface area contributed by atoms with Crippen molar-refractivity contribution in [3.8, 4) is 5.88 Å². The van der Waals surface area contributed by atoms with Gasteiger partial charge in [-0.3, -0.25) is 29.3 Å². The highest BCUT2D eigenvalue weighted by atomic mass is 35.5. The lowest BCUT2D eigenvalue weighted by Gasteiger charge is -2.24. The SMILES string of the molecule is C1COCCOCCOCCN1.COC1NC(C)C(C(=O)O)C1C.COc1[nH]c(C)c(C(=O)N2CCOCCOCCOCC2)c1C.Cc1[nH]c(/C=C2\C(=O)Nc3ccc(Cl)cc32)c(C)c1C(=O)N1CCOCCOCCOCC1.O=C1Cc2cc(Cl)ccc2N1. The van der Waals surface area contributed by atoms with Crippen LogP contribution in [0.5, 0.6) is 5.88 Å². The zero-order valence-corrected chi connectivity index (χ0v) is 55.2. The second-order valence-electron chi connectivity index (χ2n) is 21.9. The molecule has 0 bridgehead atoms. The lowest BCUT2D eigenvalue weighted by Crippen LogP contribution is -2.37. The monoisotopic (exact) mass is 1310 g/mol. The van der Waals surface area contributed by atoms with Crippen molar-refractivity contribution in [2.75, 3.05) is 183 Å². The Bertz CT molecular complexity index is 2930. The van der Waals surface area contributed by atoms with Gasteiger partial charge in [-0.15, -0.1) is 0 Å². The van der Waals surface area contributed by atoms with Crippen LogP contribution in [-0.2, 0) is 68.2 Å². The molecular formula is C64H92Cl2N8O17. The van der Waals surface area contributed by atoms with Crippen LogP contribution >= 0.6 is 23.2 Å². The summed E-state index contributed by atoms with van der Waals surface area (Å²) in [5.74, 6) is -0.703. The highest BCUT2D eigenvalue weighted by Crippen LogP contribution is 2.36. The first kappa shape index (κ1) is 74.0. The molecule has 7 N–H and O–H groups in total. The molecule has 504 valence electrons. The third kappa shape index (κ3) is 23.2. The Morgan fingerprint density at radius 1 is 0.593 bits per heavy atom. The first-order chi connectivity index (χ1) is 43.9. The van der Waals surface area contributed by atoms with Crippen molar-refractivity contribution < 1.29 is 81.2 Å². The lowest BCUT2D eigenvalue weighted by atomic mass is 9.92. The average Bonchev–Trinajstić information content (AvgIpc) is 1.71. The molecule has 10 rings (SSSR count). The van der Waals surface area contributed by atoms with Gasteiger partial charge in [0.1, 0.15) is 6.23 Å². The van der Waals surface area contributed by atoms with Gasteiger partial charge in [0.15, 0.2) is 5.88 Å². The molecule has 2 aromatic carbocycles. The lowest BCUT2D eigenvalue weighted by molar-refractivity contribution is -0.143. The number of anilines is 2. The van der Waals surface area contributed by atoms with Crippen molar-refractivity contribution in [3.05, 3.63) is 96.9 Å². The van der Waals surface area contributed by atoms with E-state index in [1.54, 1.807) is 54.4 Å². The fraction of sp³-hybridized carbons (Fsp3) is 0.578. The number of fused-ring (bicyclic) bond motifs is 2. The summed E-state index contributed by atoms with van der Waals surface area (Å²) in [5.41, 5.74) is 9.00. The number of methoxy groups -OCH3 is 2. The Labute approximate surface area is 543 Å². The van der Waals surface area contributed by atoms with Crippen molar-refractivity contribution in [2.24, 2.45) is 11.8 Å². The normalized spacial score (nSPS) is 21.9. The van der Waals surface area contributed by atoms with Crippen LogP contribution in [-0.4, -0.2) is 239 Å². The summed E-state index contributed by atoms with van der Waals surface area (Å²) < 4.78 is 59.1. The van der Waals surface area contributed by atoms with Crippen molar-refractivity contribution >= 4 is 75.8 Å². The number of H-pyrrole nitrogens is 2. The Kier molecular flexibility index (Phi) is 32.1. The van der Waals surface area contributed by atoms with Gasteiger partial charge in [0, 0.05) is 108 Å². The zero-order chi connectivity index (χ0) is 65.7. The van der Waals surface area contributed by atoms with Crippen molar-refractivity contribution in [1.82, 2.24) is 30.4 Å². The molecule has 0 saturated carbocycles. The number of carboxylic acids is 1. The molecule has 6 aliphatic heterocycles. The van der Waals surface area contributed by atoms with E-state index >= 15 is 0 Å². The third-order valence-electron chi connectivity index (χ3n) is 15.5. The molecule has 2 aromatic heterocycles. The van der Waals surface area contributed by atoms with Gasteiger partial charge < -0.3 is 92.9 Å². The molecule has 4 aromatic rings. The molecule has 4 fully saturated rings. The summed E-state index contributed by atoms with van der Waals surface area (Å²) in [5, 5.41) is 22.0. The number of nitrogens with one attached hydrogen (secondary N) is 6. The predicted octanol–water partition coefficient (Wildman–Crippen LogP) is 6.19. The molecule has 0 radical (unpaired) electrons. The summed E-state index contributed by atoms with van der Waals surface area (Å²) in [7, 11) is 3.18. The fourth-order valence-electron chi connectivity index (χ4n) is 10.7. The van der Waals surface area contributed by atoms with Gasteiger partial charge in [-0.25, -0.2) is 0 Å². The van der Waals surface area contributed by atoms with E-state index in [2.05, 4.69) is 31.2 Å². The minimum absolute atomic E-state index is 0.0116. The van der Waals surface area contributed by atoms with Crippen molar-refractivity contribution in [3.63, 3.8) is 0 Å². The number of aliphatic carboxylic acids is 1. The van der Waals surface area contributed by atoms with E-state index < -0.39 is 5.97 Å². The largest absolute Gasteiger partial charge is 0.482 e. The fourth-order valence-corrected chi connectivity index (χ4v) is 11.1. The number of ether oxygens (including phenoxy) is 11. The second kappa shape index (κ2) is 39.5. The van der Waals surface area contributed by atoms with Crippen LogP contribution in [0.25, 0.3) is 11.6 Å². The average molecular weight is 1320 g/mol. The number of nitrogens with zero attached hydrogens (tertiary/aromatic N) is 2. The summed E-state index contributed by atoms with van der Waals surface area (Å²) in [6.45, 7) is 25.2. The van der Waals surface area contributed by atoms with Crippen LogP contribution in [0.15, 0.2) is 36.4 Å². The highest BCUT2D eigenvalue weighted by Gasteiger charge is 2.42. The number of amides is 4. The number of hydrogen-bond donors (Lipinski definition) is 7. The molecule has 4 unspecified atom stereocenters. The Balaban J connectivity index is 0.000000196. The molecule has 25 nitrogen and oxygen atoms in total. The van der Waals surface area contributed by atoms with E-state index in [1.165, 1.54) is 0 Å². The number of halogens is 2. The van der Waals surface area contributed by atoms with Crippen LogP contribution in [0, 0.1) is 39.5 Å². The maximum atomic E-state index is 13.5. The molecule has 8 heterocycles. The maximum absolute atomic E-state index is 13.5. The van der Waals surface area contributed by atoms with E-state index in [-0.39, 0.29) is 47.7 Å². The third-order valence-corrected chi connectivity index (χ3v) is 15.9. The zero-order valence-electron chi connectivity index (χ0n) is 53.7. The molecule has 4 atom stereocenters. The molecule has 4 saturated heterocycles. The van der Waals surface area contributed by atoms with Crippen LogP contribution in [0.4, 0.5) is 11.4 Å². The predicted molar refractivity (Wildman–Crippen MR) is 345 cm³/mol. The summed E-state index contributed by atoms with van der Waals surface area (Å²) in [6, 6.07) is 10.7. The van der Waals surface area contributed by atoms with E-state index in [4.69, 9.17) is 80.4 Å². The molecule has 0 aliphatic carbocycles. The van der Waals surface area contributed by atoms with Gasteiger partial charge in [0.2, 0.25) is 5.91 Å². The summed E-state index contributed by atoms with van der Waals surface area (Å²) in [6.07, 6.45) is 2.11. The number of carbonyl (C=O) groups excluding carboxylic acids is 4. The standard InChI is InChI=1S/C24H28ClN3O5.C16H26N2O5.C8H6ClNO.C8H15NO3.C8H17NO3/c1-15-21(14-19-18-13-17(25)3-4-20(18)27-23(19)29)26-16(2)22(15)24(30)28-5-7-31-9-11-33-12-10-32-8-6-28;1-12-14(13(2)17-15(12)20-3)16(19)18-4-6-21-8-10-23-11-9-22-7-5-18;9-6-1-2-7-5(3-6)4-8(11)10-7;1-4-6(8(10)11)5(2)9-7(4)12-3;1-3-10-5-7-12-8-6-11-4-2-9-1/h3-4,13-14,26H,5-12H2,1-2H3,(H,27,29);17H,4-11H2,1-3H3;1-3H,4H2,(H,10,11);4-7,9H,1-3H3,(H,10,11);9H,1-8H2/b19-14-;;;;. The molecule has 27 heteroatoms. The van der Waals surface area contributed by atoms with Gasteiger partial charge in [-0.05, 0) is 88.2 Å². The van der Waals surface area contributed by atoms with E-state index in [1.807, 2.05) is 53.7 Å². The first-order valence-corrected chi connectivity index (χ1v) is 31.5. The topological polar surface area (TPSA) is 293 Å². The van der Waals surface area contributed by atoms with Crippen molar-refractivity contribution in [1.29, 1.82) is 0 Å². The van der Waals surface area contributed by atoms with Gasteiger partial charge >= 0.3 is 5.97 Å². The number of benzene rings is 2. The molecule has 4 amide bonds. The van der Waals surface area contributed by atoms with Crippen LogP contribution in [0.1, 0.15) is 73.9 Å². The van der Waals surface area contributed by atoms with Crippen molar-refractivity contribution in [2.45, 2.75) is 60.2 Å². The Morgan fingerprint density at radius 2 is 1.04 bits per heavy atom. The van der Waals surface area contributed by atoms with E-state index in [9.17, 15) is 24.0 Å². The molecular weight excluding hydrogens is 1220 g/mol. The number of carbonyl (C=O) groups is 5. The number of aryl methyl sites for hydroxylation is 2. The second-order valence-corrected chi connectivity index (χ2v) is 22.7. The quantitative estimate of drug-likeness (QED) is 0.106. The van der Waals surface area contributed by atoms with E-state index in [0.29, 0.717) is 177 Å². The number of carboxylic acid groups (broad SMARTS) is 1. The van der Waals surface area contributed by atoms with Crippen LogP contribution in [0.2, 0.25) is 10.0 Å². The smallest absolute Gasteiger partial charge is 0.308 e. The van der Waals surface area contributed by atoms with Crippen LogP contribution in [0.3, 0.4) is 0 Å². The van der Waals surface area contributed by atoms with Crippen LogP contribution < -0.4 is 26.0 Å². The van der Waals surface area contributed by atoms with Gasteiger partial charge in [-0.1, -0.05) is 30.1 Å². The summed E-state index contributed by atoms with van der Waals surface area (Å²) >= 11 is 11.9. The summed E-state index contributed by atoms with van der Waals surface area (Å²) in [4.78, 5) is 70.5. The Hall–Kier alpha value is -6.01. The molecule has 0 spiro atoms. The molecule has 6 aliphatic rings. The van der Waals surface area contributed by atoms with Gasteiger partial charge in [-0.2, -0.15) is 0 Å². The van der Waals surface area contributed by atoms with E-state index in [0.717, 1.165) is 71.3 Å². The first-order valence-electron chi connectivity index (χ1n) is 30.8. The number of rotatable bonds is 6. The number of hydrogen-bond acceptors (Lipinski definition) is 18. The number of aromatic nitrogens is 2.